The van der Waals surface area contributed by atoms with E-state index in [1.54, 1.807) is 0 Å². The summed E-state index contributed by atoms with van der Waals surface area (Å²) in [6, 6.07) is 7.02. The van der Waals surface area contributed by atoms with Crippen LogP contribution < -0.4 is 10.5 Å². The molecule has 2 aliphatic rings. The van der Waals surface area contributed by atoms with Crippen LogP contribution in [0.5, 0.6) is 0 Å². The highest BCUT2D eigenvalue weighted by atomic mass is 35.5. The molecule has 0 aromatic heterocycles. The van der Waals surface area contributed by atoms with E-state index >= 15 is 0 Å². The van der Waals surface area contributed by atoms with Crippen LogP contribution in [0.25, 0.3) is 0 Å². The van der Waals surface area contributed by atoms with Crippen LogP contribution in [0.2, 0.25) is 5.02 Å². The molecule has 19 heteroatoms. The fraction of sp³-hybridized carbons (Fsp3) is 0.654. The van der Waals surface area contributed by atoms with Crippen molar-refractivity contribution in [3.63, 3.8) is 0 Å². The highest BCUT2D eigenvalue weighted by molar-refractivity contribution is 7.88. The summed E-state index contributed by atoms with van der Waals surface area (Å²) in [6.45, 7) is 3.16. The van der Waals surface area contributed by atoms with Gasteiger partial charge in [0.05, 0.1) is 12.3 Å². The summed E-state index contributed by atoms with van der Waals surface area (Å²) >= 11 is 5.93. The van der Waals surface area contributed by atoms with Gasteiger partial charge in [-0.05, 0) is 42.9 Å². The number of rotatable bonds is 8. The van der Waals surface area contributed by atoms with Crippen molar-refractivity contribution in [1.82, 2.24) is 14.5 Å². The Kier molecular flexibility index (Phi) is 16.0. The van der Waals surface area contributed by atoms with E-state index in [1.807, 2.05) is 29.2 Å². The zero-order valence-electron chi connectivity index (χ0n) is 24.3. The minimum absolute atomic E-state index is 0.0296. The molecule has 1 heterocycles. The maximum Gasteiger partial charge on any atom is 0.490 e. The molecule has 1 saturated carbocycles. The van der Waals surface area contributed by atoms with Gasteiger partial charge < -0.3 is 20.8 Å². The lowest BCUT2D eigenvalue weighted by atomic mass is 9.83. The third kappa shape index (κ3) is 15.9. The number of benzene rings is 1. The van der Waals surface area contributed by atoms with Crippen LogP contribution in [-0.4, -0.2) is 110 Å². The Labute approximate surface area is 261 Å². The van der Waals surface area contributed by atoms with E-state index < -0.39 is 40.4 Å². The highest BCUT2D eigenvalue weighted by Gasteiger charge is 2.39. The van der Waals surface area contributed by atoms with Crippen LogP contribution in [0.3, 0.4) is 0 Å². The standard InChI is InChI=1S/C22H35ClN4O3S.2C2HF3O2/c1-31(29,30)25-16-21(18-5-3-2-4-6-18)26-11-13-27(14-12-26)22(28)20(24)15-17-7-9-19(23)10-8-17;2*3-2(4,5)1(6)7/h7-10,18,20-21,25H,2-6,11-16,24H2,1H3;2*(H,6,7). The molecule has 5 N–H and O–H groups in total. The maximum absolute atomic E-state index is 12.9. The van der Waals surface area contributed by atoms with Crippen LogP contribution in [0.4, 0.5) is 26.3 Å². The SMILES string of the molecule is CS(=O)(=O)NCC(C1CCCCC1)N1CCN(C(=O)C(N)Cc2ccc(Cl)cc2)CC1.O=C(O)C(F)(F)F.O=C(O)C(F)(F)F. The molecule has 1 aromatic carbocycles. The van der Waals surface area contributed by atoms with Crippen molar-refractivity contribution in [2.75, 3.05) is 39.0 Å². The van der Waals surface area contributed by atoms with Gasteiger partial charge in [-0.25, -0.2) is 22.7 Å². The van der Waals surface area contributed by atoms with Crippen molar-refractivity contribution in [3.8, 4) is 0 Å². The Morgan fingerprint density at radius 3 is 1.78 bits per heavy atom. The summed E-state index contributed by atoms with van der Waals surface area (Å²) in [5, 5.41) is 14.9. The second-order valence-corrected chi connectivity index (χ2v) is 12.8. The molecule has 2 unspecified atom stereocenters. The van der Waals surface area contributed by atoms with E-state index in [4.69, 9.17) is 37.1 Å². The van der Waals surface area contributed by atoms with E-state index in [9.17, 15) is 39.6 Å². The Morgan fingerprint density at radius 1 is 0.933 bits per heavy atom. The first-order valence-electron chi connectivity index (χ1n) is 13.7. The molecule has 1 saturated heterocycles. The molecule has 3 rings (SSSR count). The van der Waals surface area contributed by atoms with Crippen LogP contribution in [0, 0.1) is 5.92 Å². The number of carbonyl (C=O) groups is 3. The molecule has 1 aliphatic carbocycles. The van der Waals surface area contributed by atoms with Crippen LogP contribution in [0.15, 0.2) is 24.3 Å². The first-order chi connectivity index (χ1) is 20.6. The average Bonchev–Trinajstić information content (AvgIpc) is 2.94. The van der Waals surface area contributed by atoms with Crippen molar-refractivity contribution in [2.24, 2.45) is 11.7 Å². The van der Waals surface area contributed by atoms with Crippen molar-refractivity contribution in [3.05, 3.63) is 34.9 Å². The zero-order chi connectivity index (χ0) is 34.6. The lowest BCUT2D eigenvalue weighted by Gasteiger charge is -2.43. The Morgan fingerprint density at radius 2 is 1.38 bits per heavy atom. The average molecular weight is 699 g/mol. The largest absolute Gasteiger partial charge is 0.490 e. The lowest BCUT2D eigenvalue weighted by Crippen LogP contribution is -2.58. The first kappa shape index (κ1) is 40.4. The lowest BCUT2D eigenvalue weighted by molar-refractivity contribution is -0.193. The van der Waals surface area contributed by atoms with Gasteiger partial charge in [-0.15, -0.1) is 0 Å². The first-order valence-corrected chi connectivity index (χ1v) is 16.0. The molecule has 45 heavy (non-hydrogen) atoms. The molecule has 0 radical (unpaired) electrons. The molecule has 0 spiro atoms. The third-order valence-corrected chi connectivity index (χ3v) is 7.96. The minimum atomic E-state index is -5.08. The van der Waals surface area contributed by atoms with Gasteiger partial charge in [0.25, 0.3) is 0 Å². The van der Waals surface area contributed by atoms with Crippen LogP contribution in [0.1, 0.15) is 37.7 Å². The third-order valence-electron chi connectivity index (χ3n) is 7.01. The summed E-state index contributed by atoms with van der Waals surface area (Å²) in [4.78, 5) is 34.9. The number of nitrogens with one attached hydrogen (secondary N) is 1. The topological polar surface area (TPSA) is 170 Å². The van der Waals surface area contributed by atoms with Gasteiger partial charge in [-0.3, -0.25) is 9.69 Å². The van der Waals surface area contributed by atoms with Gasteiger partial charge in [0.15, 0.2) is 0 Å². The number of carboxylic acid groups (broad SMARTS) is 2. The van der Waals surface area contributed by atoms with Crippen molar-refractivity contribution in [2.45, 2.75) is 63.0 Å². The molecule has 2 atom stereocenters. The fourth-order valence-electron chi connectivity index (χ4n) is 4.82. The predicted octanol–water partition coefficient (Wildman–Crippen LogP) is 3.12. The fourth-order valence-corrected chi connectivity index (χ4v) is 5.42. The number of carbonyl (C=O) groups excluding carboxylic acids is 1. The number of piperazine rings is 1. The number of halogens is 7. The number of aliphatic carboxylic acids is 2. The van der Waals surface area contributed by atoms with Gasteiger partial charge in [-0.1, -0.05) is 43.0 Å². The van der Waals surface area contributed by atoms with Crippen molar-refractivity contribution in [1.29, 1.82) is 0 Å². The van der Waals surface area contributed by atoms with E-state index in [0.29, 0.717) is 37.0 Å². The number of alkyl halides is 6. The molecule has 0 bridgehead atoms. The number of hydrogen-bond donors (Lipinski definition) is 4. The molecular weight excluding hydrogens is 662 g/mol. The second-order valence-electron chi connectivity index (χ2n) is 10.5. The normalized spacial score (nSPS) is 18.0. The van der Waals surface area contributed by atoms with E-state index in [1.165, 1.54) is 25.5 Å². The van der Waals surface area contributed by atoms with Gasteiger partial charge in [0, 0.05) is 43.8 Å². The summed E-state index contributed by atoms with van der Waals surface area (Å²) in [6.07, 6.45) is -2.52. The van der Waals surface area contributed by atoms with E-state index in [2.05, 4.69) is 9.62 Å². The van der Waals surface area contributed by atoms with E-state index in [-0.39, 0.29) is 11.9 Å². The van der Waals surface area contributed by atoms with E-state index in [0.717, 1.165) is 31.5 Å². The molecular formula is C26H37ClF6N4O7S. The number of sulfonamides is 1. The Hall–Kier alpha value is -2.67. The number of nitrogens with zero attached hydrogens (tertiary/aromatic N) is 2. The summed E-state index contributed by atoms with van der Waals surface area (Å²) in [5.74, 6) is -5.05. The van der Waals surface area contributed by atoms with Gasteiger partial charge in [-0.2, -0.15) is 26.3 Å². The number of carboxylic acids is 2. The molecule has 1 aromatic rings. The summed E-state index contributed by atoms with van der Waals surface area (Å²) in [5.41, 5.74) is 7.20. The minimum Gasteiger partial charge on any atom is -0.475 e. The number of hydrogen-bond acceptors (Lipinski definition) is 7. The molecule has 2 fully saturated rings. The number of amides is 1. The monoisotopic (exact) mass is 698 g/mol. The Balaban J connectivity index is 0.000000601. The zero-order valence-corrected chi connectivity index (χ0v) is 25.9. The molecule has 1 amide bonds. The van der Waals surface area contributed by atoms with Gasteiger partial charge >= 0.3 is 24.3 Å². The Bertz CT molecular complexity index is 1180. The van der Waals surface area contributed by atoms with Gasteiger partial charge in [0.1, 0.15) is 0 Å². The van der Waals surface area contributed by atoms with Gasteiger partial charge in [0.2, 0.25) is 15.9 Å². The predicted molar refractivity (Wildman–Crippen MR) is 152 cm³/mol. The summed E-state index contributed by atoms with van der Waals surface area (Å²) in [7, 11) is -3.23. The van der Waals surface area contributed by atoms with Crippen molar-refractivity contribution < 1.29 is 59.4 Å². The second kappa shape index (κ2) is 17.9. The van der Waals surface area contributed by atoms with Crippen LogP contribution >= 0.6 is 11.6 Å². The van der Waals surface area contributed by atoms with Crippen LogP contribution in [-0.2, 0) is 30.8 Å². The maximum atomic E-state index is 12.9. The molecule has 258 valence electrons. The number of nitrogens with two attached hydrogens (primary N) is 1. The van der Waals surface area contributed by atoms with Crippen molar-refractivity contribution >= 4 is 39.5 Å². The molecule has 1 aliphatic heterocycles. The summed E-state index contributed by atoms with van der Waals surface area (Å²) < 4.78 is 89.6. The quantitative estimate of drug-likeness (QED) is 0.298. The molecule has 11 nitrogen and oxygen atoms in total. The highest BCUT2D eigenvalue weighted by Crippen LogP contribution is 2.29. The smallest absolute Gasteiger partial charge is 0.475 e.